The minimum Gasteiger partial charge on any atom is -0.493 e. The first-order chi connectivity index (χ1) is 20.9. The minimum absolute atomic E-state index is 0.158. The molecule has 0 spiro atoms. The number of rotatable bonds is 7. The van der Waals surface area contributed by atoms with Gasteiger partial charge in [0, 0.05) is 5.56 Å². The number of thiazole rings is 1. The van der Waals surface area contributed by atoms with Gasteiger partial charge in [-0.25, -0.2) is 9.79 Å². The Morgan fingerprint density at radius 1 is 0.953 bits per heavy atom. The summed E-state index contributed by atoms with van der Waals surface area (Å²) in [6, 6.07) is 21.6. The summed E-state index contributed by atoms with van der Waals surface area (Å²) in [4.78, 5) is 48.5. The average Bonchev–Trinajstić information content (AvgIpc) is 3.48. The Labute approximate surface area is 251 Å². The van der Waals surface area contributed by atoms with Crippen LogP contribution in [0.15, 0.2) is 93.9 Å². The summed E-state index contributed by atoms with van der Waals surface area (Å²) in [5, 5.41) is 0. The fraction of sp³-hybridized carbons (Fsp3) is 0.212. The van der Waals surface area contributed by atoms with Crippen LogP contribution in [0.1, 0.15) is 36.6 Å². The highest BCUT2D eigenvalue weighted by molar-refractivity contribution is 7.07. The van der Waals surface area contributed by atoms with Gasteiger partial charge in [0.1, 0.15) is 4.53 Å². The molecular weight excluding hydrogens is 566 g/mol. The first-order valence-corrected chi connectivity index (χ1v) is 14.6. The monoisotopic (exact) mass is 595 g/mol. The first-order valence-electron chi connectivity index (χ1n) is 13.8. The molecule has 0 fully saturated rings. The maximum absolute atomic E-state index is 14.4. The molecule has 1 aromatic heterocycles. The van der Waals surface area contributed by atoms with E-state index in [-0.39, 0.29) is 22.6 Å². The summed E-state index contributed by atoms with van der Waals surface area (Å²) in [6.45, 7) is 3.96. The van der Waals surface area contributed by atoms with Gasteiger partial charge in [-0.2, -0.15) is 0 Å². The van der Waals surface area contributed by atoms with Crippen LogP contribution < -0.4 is 29.3 Å². The number of esters is 1. The van der Waals surface area contributed by atoms with Crippen molar-refractivity contribution in [3.63, 3.8) is 0 Å². The van der Waals surface area contributed by atoms with E-state index >= 15 is 0 Å². The zero-order valence-electron chi connectivity index (χ0n) is 24.1. The second-order valence-electron chi connectivity index (χ2n) is 10.0. The molecule has 3 aromatic carbocycles. The van der Waals surface area contributed by atoms with E-state index in [0.29, 0.717) is 45.2 Å². The highest BCUT2D eigenvalue weighted by Gasteiger charge is 2.37. The van der Waals surface area contributed by atoms with Gasteiger partial charge in [-0.15, -0.1) is 0 Å². The van der Waals surface area contributed by atoms with Gasteiger partial charge in [-0.1, -0.05) is 65.9 Å². The summed E-state index contributed by atoms with van der Waals surface area (Å²) in [6.07, 6.45) is 0. The molecule has 0 saturated heterocycles. The number of carbonyl (C=O) groups excluding carboxylic acids is 2. The predicted octanol–water partition coefficient (Wildman–Crippen LogP) is 3.73. The summed E-state index contributed by atoms with van der Waals surface area (Å²) in [5.41, 5.74) is 3.56. The third-order valence-electron chi connectivity index (χ3n) is 7.55. The lowest BCUT2D eigenvalue weighted by molar-refractivity contribution is -0.139. The van der Waals surface area contributed by atoms with Crippen LogP contribution in [0.4, 0.5) is 5.69 Å². The van der Waals surface area contributed by atoms with Crippen LogP contribution in [0.25, 0.3) is 5.57 Å². The van der Waals surface area contributed by atoms with E-state index in [0.717, 1.165) is 22.6 Å². The van der Waals surface area contributed by atoms with Gasteiger partial charge in [0.25, 0.3) is 11.5 Å². The van der Waals surface area contributed by atoms with Gasteiger partial charge < -0.3 is 19.1 Å². The molecule has 10 heteroatoms. The first kappa shape index (κ1) is 28.2. The fourth-order valence-electron chi connectivity index (χ4n) is 5.60. The molecule has 4 aromatic rings. The highest BCUT2D eigenvalue weighted by atomic mass is 32.1. The number of fused-ring (bicyclic) bond motifs is 2. The van der Waals surface area contributed by atoms with Crippen molar-refractivity contribution < 1.29 is 23.8 Å². The molecule has 1 amide bonds. The van der Waals surface area contributed by atoms with Gasteiger partial charge >= 0.3 is 5.97 Å². The maximum atomic E-state index is 14.4. The maximum Gasteiger partial charge on any atom is 0.338 e. The molecule has 0 bridgehead atoms. The third-order valence-corrected chi connectivity index (χ3v) is 8.60. The van der Waals surface area contributed by atoms with Gasteiger partial charge in [-0.3, -0.25) is 14.2 Å². The number of allylic oxidation sites excluding steroid dienone is 1. The Hall–Kier alpha value is -4.96. The number of methoxy groups -OCH3 is 2. The summed E-state index contributed by atoms with van der Waals surface area (Å²) < 4.78 is 18.1. The van der Waals surface area contributed by atoms with E-state index in [1.54, 1.807) is 36.9 Å². The van der Waals surface area contributed by atoms with E-state index in [4.69, 9.17) is 14.2 Å². The zero-order chi connectivity index (χ0) is 30.2. The van der Waals surface area contributed by atoms with Crippen molar-refractivity contribution in [3.8, 4) is 11.5 Å². The SMILES string of the molecule is CCOC(=O)C1=C(C)N=c2s/c(=C3\C(=O)N(Cc4ccccc4)c4ccccc43)c(=O)n2[C@H]1c1ccc(OC)c(OC)c1. The van der Waals surface area contributed by atoms with E-state index in [1.165, 1.54) is 18.8 Å². The minimum atomic E-state index is -0.864. The number of nitrogens with zero attached hydrogens (tertiary/aromatic N) is 3. The van der Waals surface area contributed by atoms with Crippen LogP contribution in [-0.2, 0) is 20.9 Å². The summed E-state index contributed by atoms with van der Waals surface area (Å²) in [5.74, 6) is 0.113. The standard InChI is InChI=1S/C33H29N3O6S/c1-5-42-32(39)26-19(2)34-33-36(28(26)21-15-16-24(40-3)25(17-21)41-4)31(38)29(43-33)27-22-13-9-10-14-23(22)35(30(27)37)18-20-11-7-6-8-12-20/h6-17,28H,5,18H2,1-4H3/b29-27-/t28-/m0/s1. The van der Waals surface area contributed by atoms with Gasteiger partial charge in [-0.05, 0) is 43.2 Å². The smallest absolute Gasteiger partial charge is 0.338 e. The molecule has 9 nitrogen and oxygen atoms in total. The van der Waals surface area contributed by atoms with Crippen molar-refractivity contribution in [2.24, 2.45) is 4.99 Å². The van der Waals surface area contributed by atoms with E-state index < -0.39 is 17.6 Å². The number of hydrogen-bond acceptors (Lipinski definition) is 8. The number of benzene rings is 3. The van der Waals surface area contributed by atoms with Crippen LogP contribution in [0.2, 0.25) is 0 Å². The number of hydrogen-bond donors (Lipinski definition) is 0. The van der Waals surface area contributed by atoms with E-state index in [9.17, 15) is 14.4 Å². The molecular formula is C33H29N3O6S. The van der Waals surface area contributed by atoms with Crippen LogP contribution >= 0.6 is 11.3 Å². The number of anilines is 1. The predicted molar refractivity (Wildman–Crippen MR) is 163 cm³/mol. The van der Waals surface area contributed by atoms with Crippen LogP contribution in [-0.4, -0.2) is 37.3 Å². The van der Waals surface area contributed by atoms with Crippen molar-refractivity contribution in [1.82, 2.24) is 4.57 Å². The molecule has 0 aliphatic carbocycles. The number of carbonyl (C=O) groups is 2. The van der Waals surface area contributed by atoms with Gasteiger partial charge in [0.2, 0.25) is 0 Å². The van der Waals surface area contributed by atoms with Gasteiger partial charge in [0.05, 0.1) is 55.9 Å². The number of para-hydroxylation sites is 1. The Morgan fingerprint density at radius 2 is 1.67 bits per heavy atom. The lowest BCUT2D eigenvalue weighted by Crippen LogP contribution is -2.41. The van der Waals surface area contributed by atoms with Crippen molar-refractivity contribution >= 4 is 34.5 Å². The molecule has 1 atom stereocenters. The molecule has 2 aliphatic rings. The Morgan fingerprint density at radius 3 is 2.40 bits per heavy atom. The second kappa shape index (κ2) is 11.4. The van der Waals surface area contributed by atoms with Crippen molar-refractivity contribution in [3.05, 3.63) is 120 Å². The molecule has 0 saturated carbocycles. The molecule has 0 N–H and O–H groups in total. The third kappa shape index (κ3) is 4.73. The van der Waals surface area contributed by atoms with Crippen LogP contribution in [0, 0.1) is 0 Å². The summed E-state index contributed by atoms with van der Waals surface area (Å²) >= 11 is 1.14. The summed E-state index contributed by atoms with van der Waals surface area (Å²) in [7, 11) is 3.06. The van der Waals surface area contributed by atoms with Crippen LogP contribution in [0.3, 0.4) is 0 Å². The van der Waals surface area contributed by atoms with Gasteiger partial charge in [0.15, 0.2) is 16.3 Å². The lowest BCUT2D eigenvalue weighted by atomic mass is 9.95. The zero-order valence-corrected chi connectivity index (χ0v) is 24.9. The lowest BCUT2D eigenvalue weighted by Gasteiger charge is -2.25. The molecule has 0 radical (unpaired) electrons. The Balaban J connectivity index is 1.59. The van der Waals surface area contributed by atoms with Crippen molar-refractivity contribution in [2.45, 2.75) is 26.4 Å². The van der Waals surface area contributed by atoms with Crippen molar-refractivity contribution in [2.75, 3.05) is 25.7 Å². The van der Waals surface area contributed by atoms with E-state index in [1.807, 2.05) is 54.6 Å². The molecule has 0 unspecified atom stereocenters. The Kier molecular flexibility index (Phi) is 7.45. The normalized spacial score (nSPS) is 16.9. The Bertz CT molecular complexity index is 1980. The van der Waals surface area contributed by atoms with Crippen molar-refractivity contribution in [1.29, 1.82) is 0 Å². The fourth-order valence-corrected chi connectivity index (χ4v) is 6.74. The molecule has 2 aliphatic heterocycles. The highest BCUT2D eigenvalue weighted by Crippen LogP contribution is 2.38. The largest absolute Gasteiger partial charge is 0.493 e. The number of ether oxygens (including phenoxy) is 3. The quantitative estimate of drug-likeness (QED) is 0.302. The van der Waals surface area contributed by atoms with Crippen LogP contribution in [0.5, 0.6) is 11.5 Å². The molecule has 3 heterocycles. The number of aromatic nitrogens is 1. The second-order valence-corrected chi connectivity index (χ2v) is 11.0. The molecule has 6 rings (SSSR count). The molecule has 43 heavy (non-hydrogen) atoms. The topological polar surface area (TPSA) is 99.4 Å². The average molecular weight is 596 g/mol. The number of amides is 1. The molecule has 218 valence electrons. The van der Waals surface area contributed by atoms with E-state index in [2.05, 4.69) is 4.99 Å².